The van der Waals surface area contributed by atoms with E-state index in [-0.39, 0.29) is 12.5 Å². The van der Waals surface area contributed by atoms with Crippen LogP contribution in [0, 0.1) is 5.92 Å². The summed E-state index contributed by atoms with van der Waals surface area (Å²) in [6.07, 6.45) is 5.66. The predicted octanol–water partition coefficient (Wildman–Crippen LogP) is 5.25. The topological polar surface area (TPSA) is 66.5 Å². The largest absolute Gasteiger partial charge is 0.352 e. The lowest BCUT2D eigenvalue weighted by Gasteiger charge is -2.23. The number of nitrogens with zero attached hydrogens (tertiary/aromatic N) is 1. The van der Waals surface area contributed by atoms with Gasteiger partial charge in [-0.3, -0.25) is 9.10 Å². The van der Waals surface area contributed by atoms with Crippen molar-refractivity contribution in [3.8, 4) is 0 Å². The van der Waals surface area contributed by atoms with Crippen LogP contribution < -0.4 is 9.62 Å². The van der Waals surface area contributed by atoms with Crippen molar-refractivity contribution >= 4 is 33.2 Å². The van der Waals surface area contributed by atoms with Gasteiger partial charge in [-0.15, -0.1) is 0 Å². The van der Waals surface area contributed by atoms with Gasteiger partial charge < -0.3 is 5.32 Å². The Hall–Kier alpha value is -2.05. The molecule has 1 atom stereocenters. The zero-order valence-corrected chi connectivity index (χ0v) is 19.5. The molecule has 5 nitrogen and oxygen atoms in total. The first kappa shape index (κ1) is 24.2. The zero-order valence-electron chi connectivity index (χ0n) is 17.9. The van der Waals surface area contributed by atoms with Crippen molar-refractivity contribution in [3.05, 3.63) is 64.7 Å². The van der Waals surface area contributed by atoms with E-state index in [2.05, 4.69) is 19.2 Å². The van der Waals surface area contributed by atoms with Crippen LogP contribution in [-0.2, 0) is 16.6 Å². The van der Waals surface area contributed by atoms with Crippen LogP contribution >= 0.6 is 11.6 Å². The highest BCUT2D eigenvalue weighted by atomic mass is 35.5. The van der Waals surface area contributed by atoms with Gasteiger partial charge in [-0.25, -0.2) is 8.42 Å². The number of amides is 1. The summed E-state index contributed by atoms with van der Waals surface area (Å²) in [5.41, 5.74) is 1.86. The molecule has 0 spiro atoms. The second-order valence-electron chi connectivity index (χ2n) is 7.57. The molecule has 0 bridgehead atoms. The fourth-order valence-electron chi connectivity index (χ4n) is 3.24. The van der Waals surface area contributed by atoms with Gasteiger partial charge in [-0.2, -0.15) is 0 Å². The molecule has 1 N–H and O–H groups in total. The Balaban J connectivity index is 2.06. The summed E-state index contributed by atoms with van der Waals surface area (Å²) in [5, 5.41) is 3.49. The SMILES string of the molecule is CCCC[C@@H](CC)CNC(=O)c1ccc(CN(c2cccc(Cl)c2)S(C)(=O)=O)cc1. The molecule has 2 aromatic carbocycles. The van der Waals surface area contributed by atoms with Gasteiger partial charge in [-0.1, -0.05) is 62.9 Å². The summed E-state index contributed by atoms with van der Waals surface area (Å²) < 4.78 is 25.9. The quantitative estimate of drug-likeness (QED) is 0.508. The summed E-state index contributed by atoms with van der Waals surface area (Å²) in [4.78, 5) is 12.5. The van der Waals surface area contributed by atoms with Gasteiger partial charge in [0, 0.05) is 17.1 Å². The van der Waals surface area contributed by atoms with Crippen molar-refractivity contribution in [2.24, 2.45) is 5.92 Å². The van der Waals surface area contributed by atoms with Crippen LogP contribution in [0.1, 0.15) is 55.5 Å². The highest BCUT2D eigenvalue weighted by Gasteiger charge is 2.18. The Morgan fingerprint density at radius 1 is 1.13 bits per heavy atom. The molecule has 0 aromatic heterocycles. The normalized spacial score (nSPS) is 12.4. The molecule has 0 heterocycles. The lowest BCUT2D eigenvalue weighted by molar-refractivity contribution is 0.0946. The van der Waals surface area contributed by atoms with Crippen molar-refractivity contribution in [2.75, 3.05) is 17.1 Å². The first-order valence-electron chi connectivity index (χ1n) is 10.3. The van der Waals surface area contributed by atoms with E-state index in [0.717, 1.165) is 24.8 Å². The number of benzene rings is 2. The minimum atomic E-state index is -3.49. The van der Waals surface area contributed by atoms with E-state index in [1.165, 1.54) is 17.0 Å². The van der Waals surface area contributed by atoms with Crippen LogP contribution in [0.3, 0.4) is 0 Å². The fourth-order valence-corrected chi connectivity index (χ4v) is 4.31. The number of nitrogens with one attached hydrogen (secondary N) is 1. The predicted molar refractivity (Wildman–Crippen MR) is 125 cm³/mol. The number of carbonyl (C=O) groups excluding carboxylic acids is 1. The maximum atomic E-state index is 12.5. The number of halogens is 1. The van der Waals surface area contributed by atoms with Crippen molar-refractivity contribution in [1.29, 1.82) is 0 Å². The minimum Gasteiger partial charge on any atom is -0.352 e. The Kier molecular flexibility index (Phi) is 9.18. The Morgan fingerprint density at radius 3 is 2.40 bits per heavy atom. The summed E-state index contributed by atoms with van der Waals surface area (Å²) in [7, 11) is -3.49. The maximum absolute atomic E-state index is 12.5. The molecule has 2 aromatic rings. The van der Waals surface area contributed by atoms with Crippen LogP contribution in [-0.4, -0.2) is 27.1 Å². The number of sulfonamides is 1. The molecule has 0 aliphatic rings. The number of unbranched alkanes of at least 4 members (excludes halogenated alkanes) is 1. The van der Waals surface area contributed by atoms with Crippen LogP contribution in [0.15, 0.2) is 48.5 Å². The molecule has 7 heteroatoms. The highest BCUT2D eigenvalue weighted by molar-refractivity contribution is 7.92. The van der Waals surface area contributed by atoms with Gasteiger partial charge in [0.1, 0.15) is 0 Å². The molecular formula is C23H31ClN2O3S. The van der Waals surface area contributed by atoms with E-state index >= 15 is 0 Å². The summed E-state index contributed by atoms with van der Waals surface area (Å²) in [6, 6.07) is 13.8. The second kappa shape index (κ2) is 11.4. The van der Waals surface area contributed by atoms with E-state index < -0.39 is 10.0 Å². The van der Waals surface area contributed by atoms with Gasteiger partial charge in [0.05, 0.1) is 18.5 Å². The smallest absolute Gasteiger partial charge is 0.251 e. The number of hydrogen-bond acceptors (Lipinski definition) is 3. The van der Waals surface area contributed by atoms with Crippen molar-refractivity contribution in [1.82, 2.24) is 5.32 Å². The number of hydrogen-bond donors (Lipinski definition) is 1. The second-order valence-corrected chi connectivity index (χ2v) is 9.92. The third-order valence-corrected chi connectivity index (χ3v) is 6.51. The average Bonchev–Trinajstić information content (AvgIpc) is 2.71. The average molecular weight is 451 g/mol. The molecule has 0 aliphatic heterocycles. The van der Waals surface area contributed by atoms with E-state index in [9.17, 15) is 13.2 Å². The van der Waals surface area contributed by atoms with Gasteiger partial charge in [-0.05, 0) is 48.2 Å². The van der Waals surface area contributed by atoms with Gasteiger partial charge in [0.25, 0.3) is 5.91 Å². The molecule has 30 heavy (non-hydrogen) atoms. The summed E-state index contributed by atoms with van der Waals surface area (Å²) >= 11 is 6.02. The van der Waals surface area contributed by atoms with E-state index in [1.54, 1.807) is 48.5 Å². The molecule has 0 saturated carbocycles. The van der Waals surface area contributed by atoms with E-state index in [0.29, 0.717) is 28.7 Å². The molecule has 0 fully saturated rings. The van der Waals surface area contributed by atoms with Crippen LogP contribution in [0.25, 0.3) is 0 Å². The minimum absolute atomic E-state index is 0.105. The van der Waals surface area contributed by atoms with E-state index in [1.807, 2.05) is 0 Å². The van der Waals surface area contributed by atoms with Gasteiger partial charge in [0.15, 0.2) is 0 Å². The van der Waals surface area contributed by atoms with Crippen LogP contribution in [0.5, 0.6) is 0 Å². The molecule has 0 radical (unpaired) electrons. The maximum Gasteiger partial charge on any atom is 0.251 e. The molecule has 2 rings (SSSR count). The zero-order chi connectivity index (χ0) is 22.1. The van der Waals surface area contributed by atoms with Crippen LogP contribution in [0.2, 0.25) is 5.02 Å². The monoisotopic (exact) mass is 450 g/mol. The van der Waals surface area contributed by atoms with Gasteiger partial charge in [0.2, 0.25) is 10.0 Å². The number of anilines is 1. The lowest BCUT2D eigenvalue weighted by atomic mass is 9.99. The third-order valence-electron chi connectivity index (χ3n) is 5.13. The summed E-state index contributed by atoms with van der Waals surface area (Å²) in [5.74, 6) is 0.389. The Labute approximate surface area is 185 Å². The molecule has 164 valence electrons. The molecular weight excluding hydrogens is 420 g/mol. The Morgan fingerprint density at radius 2 is 1.83 bits per heavy atom. The van der Waals surface area contributed by atoms with Crippen molar-refractivity contribution in [2.45, 2.75) is 46.1 Å². The summed E-state index contributed by atoms with van der Waals surface area (Å²) in [6.45, 7) is 5.16. The lowest BCUT2D eigenvalue weighted by Crippen LogP contribution is -2.30. The number of rotatable bonds is 11. The van der Waals surface area contributed by atoms with Crippen molar-refractivity contribution in [3.63, 3.8) is 0 Å². The Bertz CT molecular complexity index is 930. The van der Waals surface area contributed by atoms with E-state index in [4.69, 9.17) is 11.6 Å². The standard InChI is InChI=1S/C23H31ClN2O3S/c1-4-6-8-18(5-2)16-25-23(27)20-13-11-19(12-14-20)17-26(30(3,28)29)22-10-7-9-21(24)15-22/h7,9-15,18H,4-6,8,16-17H2,1-3H3,(H,25,27)/t18-/m1/s1. The molecule has 0 aliphatic carbocycles. The first-order chi connectivity index (χ1) is 14.2. The van der Waals surface area contributed by atoms with Crippen LogP contribution in [0.4, 0.5) is 5.69 Å². The molecule has 0 unspecified atom stereocenters. The number of carbonyl (C=O) groups is 1. The fraction of sp³-hybridized carbons (Fsp3) is 0.435. The molecule has 1 amide bonds. The van der Waals surface area contributed by atoms with Gasteiger partial charge >= 0.3 is 0 Å². The van der Waals surface area contributed by atoms with Crippen molar-refractivity contribution < 1.29 is 13.2 Å². The third kappa shape index (κ3) is 7.33. The molecule has 0 saturated heterocycles. The first-order valence-corrected chi connectivity index (χ1v) is 12.6. The highest BCUT2D eigenvalue weighted by Crippen LogP contribution is 2.24.